The van der Waals surface area contributed by atoms with Crippen molar-refractivity contribution in [1.29, 1.82) is 0 Å². The number of carbonyl (C=O) groups excluding carboxylic acids is 2. The van der Waals surface area contributed by atoms with Crippen LogP contribution in [0.1, 0.15) is 39.0 Å². The molecule has 4 aromatic rings. The average molecular weight is 459 g/mol. The van der Waals surface area contributed by atoms with Gasteiger partial charge in [0.15, 0.2) is 18.1 Å². The maximum Gasteiger partial charge on any atom is 0.278 e. The summed E-state index contributed by atoms with van der Waals surface area (Å²) in [5, 5.41) is 14.1. The van der Waals surface area contributed by atoms with Crippen LogP contribution in [-0.4, -0.2) is 31.4 Å². The molecule has 4 rings (SSSR count). The summed E-state index contributed by atoms with van der Waals surface area (Å²) in [6, 6.07) is 16.6. The fourth-order valence-corrected chi connectivity index (χ4v) is 3.45. The molecule has 2 heterocycles. The molecule has 2 aromatic heterocycles. The van der Waals surface area contributed by atoms with Gasteiger partial charge in [-0.1, -0.05) is 24.3 Å². The number of hydrogen-bond donors (Lipinski definition) is 2. The summed E-state index contributed by atoms with van der Waals surface area (Å²) >= 11 is 0. The molecular weight excluding hydrogens is 432 g/mol. The molecule has 9 heteroatoms. The minimum atomic E-state index is -0.449. The summed E-state index contributed by atoms with van der Waals surface area (Å²) in [6.45, 7) is 6.62. The molecule has 0 spiro atoms. The minimum absolute atomic E-state index is 0.122. The Bertz CT molecular complexity index is 1290. The van der Waals surface area contributed by atoms with Crippen LogP contribution in [-0.2, 0) is 13.3 Å². The Morgan fingerprint density at radius 3 is 2.35 bits per heavy atom. The number of ether oxygens (including phenoxy) is 1. The Labute approximate surface area is 197 Å². The lowest BCUT2D eigenvalue weighted by Crippen LogP contribution is -2.18. The second-order valence-electron chi connectivity index (χ2n) is 7.86. The van der Waals surface area contributed by atoms with E-state index in [-0.39, 0.29) is 18.1 Å². The SMILES string of the molecule is CCn1cc(NC(=O)c2ccn(COc3cc(C)cc(C)c3)n2)c(C(=O)Nc2ccccc2)n1. The number of carbonyl (C=O) groups is 2. The number of aromatic nitrogens is 4. The molecular formula is C25H26N6O3. The van der Waals surface area contributed by atoms with Gasteiger partial charge in [-0.15, -0.1) is 0 Å². The van der Waals surface area contributed by atoms with Crippen molar-refractivity contribution in [3.63, 3.8) is 0 Å². The second kappa shape index (κ2) is 10.0. The van der Waals surface area contributed by atoms with Crippen molar-refractivity contribution in [2.45, 2.75) is 34.0 Å². The minimum Gasteiger partial charge on any atom is -0.471 e. The van der Waals surface area contributed by atoms with Gasteiger partial charge in [0.1, 0.15) is 5.75 Å². The molecule has 174 valence electrons. The predicted molar refractivity (Wildman–Crippen MR) is 129 cm³/mol. The monoisotopic (exact) mass is 458 g/mol. The zero-order valence-corrected chi connectivity index (χ0v) is 19.3. The Hall–Kier alpha value is -4.40. The van der Waals surface area contributed by atoms with Gasteiger partial charge in [-0.3, -0.25) is 14.3 Å². The molecule has 0 saturated heterocycles. The highest BCUT2D eigenvalue weighted by molar-refractivity contribution is 6.10. The fourth-order valence-electron chi connectivity index (χ4n) is 3.45. The van der Waals surface area contributed by atoms with Crippen LogP contribution in [0.2, 0.25) is 0 Å². The van der Waals surface area contributed by atoms with Crippen LogP contribution < -0.4 is 15.4 Å². The summed E-state index contributed by atoms with van der Waals surface area (Å²) < 4.78 is 8.91. The van der Waals surface area contributed by atoms with Gasteiger partial charge in [-0.2, -0.15) is 10.2 Å². The molecule has 0 unspecified atom stereocenters. The molecule has 0 bridgehead atoms. The zero-order valence-electron chi connectivity index (χ0n) is 19.3. The Kier molecular flexibility index (Phi) is 6.72. The zero-order chi connectivity index (χ0) is 24.1. The summed E-state index contributed by atoms with van der Waals surface area (Å²) in [5.74, 6) is -0.129. The van der Waals surface area contributed by atoms with E-state index in [9.17, 15) is 9.59 Å². The van der Waals surface area contributed by atoms with Crippen LogP contribution in [0.4, 0.5) is 11.4 Å². The lowest BCUT2D eigenvalue weighted by atomic mass is 10.1. The lowest BCUT2D eigenvalue weighted by Gasteiger charge is -2.08. The van der Waals surface area contributed by atoms with Crippen LogP contribution >= 0.6 is 0 Å². The molecule has 2 aromatic carbocycles. The van der Waals surface area contributed by atoms with Crippen molar-refractivity contribution >= 4 is 23.2 Å². The largest absolute Gasteiger partial charge is 0.471 e. The van der Waals surface area contributed by atoms with Crippen LogP contribution in [0.3, 0.4) is 0 Å². The molecule has 0 fully saturated rings. The number of rotatable bonds is 8. The summed E-state index contributed by atoms with van der Waals surface area (Å²) in [5.41, 5.74) is 3.48. The van der Waals surface area contributed by atoms with Gasteiger partial charge in [0.25, 0.3) is 11.8 Å². The summed E-state index contributed by atoms with van der Waals surface area (Å²) in [6.07, 6.45) is 3.29. The average Bonchev–Trinajstić information content (AvgIpc) is 3.45. The molecule has 34 heavy (non-hydrogen) atoms. The molecule has 0 aliphatic carbocycles. The third kappa shape index (κ3) is 5.50. The van der Waals surface area contributed by atoms with Crippen molar-refractivity contribution in [1.82, 2.24) is 19.6 Å². The normalized spacial score (nSPS) is 10.7. The van der Waals surface area contributed by atoms with Crippen LogP contribution in [0.5, 0.6) is 5.75 Å². The van der Waals surface area contributed by atoms with Gasteiger partial charge in [0, 0.05) is 24.6 Å². The highest BCUT2D eigenvalue weighted by atomic mass is 16.5. The smallest absolute Gasteiger partial charge is 0.278 e. The van der Waals surface area contributed by atoms with E-state index in [1.807, 2.05) is 51.1 Å². The Balaban J connectivity index is 1.44. The summed E-state index contributed by atoms with van der Waals surface area (Å²) in [4.78, 5) is 25.6. The van der Waals surface area contributed by atoms with Crippen molar-refractivity contribution < 1.29 is 14.3 Å². The van der Waals surface area contributed by atoms with Gasteiger partial charge in [0.05, 0.1) is 5.69 Å². The topological polar surface area (TPSA) is 103 Å². The van der Waals surface area contributed by atoms with E-state index in [0.29, 0.717) is 17.9 Å². The number of hydrogen-bond acceptors (Lipinski definition) is 5. The Morgan fingerprint density at radius 2 is 1.65 bits per heavy atom. The fraction of sp³-hybridized carbons (Fsp3) is 0.200. The van der Waals surface area contributed by atoms with Crippen LogP contribution in [0.15, 0.2) is 67.0 Å². The van der Waals surface area contributed by atoms with Gasteiger partial charge >= 0.3 is 0 Å². The standard InChI is InChI=1S/C25H26N6O3/c1-4-30-15-22(23(29-30)25(33)26-19-8-6-5-7-9-19)27-24(32)21-10-11-31(28-21)16-34-20-13-17(2)12-18(3)14-20/h5-15H,4,16H2,1-3H3,(H,26,33)(H,27,32). The lowest BCUT2D eigenvalue weighted by molar-refractivity contribution is 0.102. The first-order valence-corrected chi connectivity index (χ1v) is 10.9. The molecule has 0 atom stereocenters. The molecule has 2 N–H and O–H groups in total. The van der Waals surface area contributed by atoms with E-state index in [2.05, 4.69) is 26.9 Å². The predicted octanol–water partition coefficient (Wildman–Crippen LogP) is 4.26. The summed E-state index contributed by atoms with van der Waals surface area (Å²) in [7, 11) is 0. The number of amides is 2. The molecule has 0 saturated carbocycles. The first-order chi connectivity index (χ1) is 16.4. The van der Waals surface area contributed by atoms with E-state index < -0.39 is 11.8 Å². The first-order valence-electron chi connectivity index (χ1n) is 10.9. The molecule has 0 aliphatic rings. The van der Waals surface area contributed by atoms with Gasteiger partial charge < -0.3 is 15.4 Å². The molecule has 0 radical (unpaired) electrons. The van der Waals surface area contributed by atoms with Crippen molar-refractivity contribution in [3.05, 3.63) is 89.5 Å². The maximum absolute atomic E-state index is 12.8. The number of anilines is 2. The van der Waals surface area contributed by atoms with E-state index >= 15 is 0 Å². The van der Waals surface area contributed by atoms with Crippen molar-refractivity contribution in [3.8, 4) is 5.75 Å². The van der Waals surface area contributed by atoms with Gasteiger partial charge in [0.2, 0.25) is 0 Å². The van der Waals surface area contributed by atoms with Crippen LogP contribution in [0.25, 0.3) is 0 Å². The number of nitrogens with one attached hydrogen (secondary N) is 2. The second-order valence-corrected chi connectivity index (χ2v) is 7.86. The number of nitrogens with zero attached hydrogens (tertiary/aromatic N) is 4. The van der Waals surface area contributed by atoms with E-state index in [1.54, 1.807) is 35.3 Å². The van der Waals surface area contributed by atoms with Gasteiger partial charge in [-0.05, 0) is 62.2 Å². The first kappa shape index (κ1) is 22.8. The Morgan fingerprint density at radius 1 is 0.912 bits per heavy atom. The highest BCUT2D eigenvalue weighted by Gasteiger charge is 2.20. The van der Waals surface area contributed by atoms with Gasteiger partial charge in [-0.25, -0.2) is 4.68 Å². The number of para-hydroxylation sites is 1. The molecule has 9 nitrogen and oxygen atoms in total. The molecule has 0 aliphatic heterocycles. The molecule has 2 amide bonds. The van der Waals surface area contributed by atoms with Crippen molar-refractivity contribution in [2.75, 3.05) is 10.6 Å². The van der Waals surface area contributed by atoms with E-state index in [1.165, 1.54) is 4.68 Å². The highest BCUT2D eigenvalue weighted by Crippen LogP contribution is 2.18. The quantitative estimate of drug-likeness (QED) is 0.411. The maximum atomic E-state index is 12.8. The van der Waals surface area contributed by atoms with Crippen molar-refractivity contribution in [2.24, 2.45) is 0 Å². The third-order valence-electron chi connectivity index (χ3n) is 5.01. The number of aryl methyl sites for hydroxylation is 3. The van der Waals surface area contributed by atoms with E-state index in [4.69, 9.17) is 4.74 Å². The number of benzene rings is 2. The van der Waals surface area contributed by atoms with E-state index in [0.717, 1.165) is 16.9 Å². The third-order valence-corrected chi connectivity index (χ3v) is 5.01. The van der Waals surface area contributed by atoms with Crippen LogP contribution in [0, 0.1) is 13.8 Å².